The Hall–Kier alpha value is -12.5. The van der Waals surface area contributed by atoms with E-state index in [9.17, 15) is 67.7 Å². The summed E-state index contributed by atoms with van der Waals surface area (Å²) >= 11 is 0. The SMILES string of the molecule is C=C[C@H]1CN2CC[C@H]1C[C@@H]2[C@@H](O)c1ccnc2ccc(OC)cc12.CCN(CC)CC#CCOC(=O)C(O)(c1ccccc1)C1CCCCC1.Cc1c2oc3c(C)ccc(C(=O)N[C@@H]4C(=O)N[C@H](C(C)C)C(=O)N5CCC[C@H]5C(=O)N(C)CC(=O)N(C)[C@@H](C(C)C)C(=O)O[C@@H]4C)c3nc-2c(C(=O)N[C@@H]2C(=O)N[C@H](C(C)C)C(=O)N3CCC[C@H]3C(=O)N(C)CC(=O)N(C)[C@@H](C(C)C)C(=O)O[C@@H]2C)c(N)c1=O. The van der Waals surface area contributed by atoms with Gasteiger partial charge in [-0.25, -0.2) is 19.4 Å². The second-order valence-corrected chi connectivity index (χ2v) is 39.4. The maximum absolute atomic E-state index is 15.2. The number of nitrogens with zero attached hydrogens (tertiary/aromatic N) is 10. The molecule has 4 aromatic rings. The number of carbonyl (C=O) groups excluding carboxylic acids is 13. The number of nitrogen functional groups attached to an aromatic ring is 1. The predicted molar refractivity (Wildman–Crippen MR) is 524 cm³/mol. The number of ether oxygens (including phenoxy) is 4. The molecular weight excluding hydrogens is 1800 g/mol. The van der Waals surface area contributed by atoms with Crippen molar-refractivity contribution in [2.45, 2.75) is 246 Å². The fraction of sp³-hybridized carbons (Fsp3) is 0.577. The lowest BCUT2D eigenvalue weighted by Gasteiger charge is -2.50. The quantitative estimate of drug-likeness (QED) is 0.0105. The second kappa shape index (κ2) is 47.2. The number of nitrogens with two attached hydrogens (primary N) is 1. The molecule has 140 heavy (non-hydrogen) atoms. The summed E-state index contributed by atoms with van der Waals surface area (Å²) in [4.78, 5) is 221. The molecule has 1 aromatic heterocycles. The van der Waals surface area contributed by atoms with Crippen LogP contribution in [0.15, 0.2) is 94.8 Å². The highest BCUT2D eigenvalue weighted by molar-refractivity contribution is 6.11. The summed E-state index contributed by atoms with van der Waals surface area (Å²) in [5.41, 5.74) is 4.45. The molecule has 36 nitrogen and oxygen atoms in total. The molecule has 8 fully saturated rings. The summed E-state index contributed by atoms with van der Waals surface area (Å²) in [5.74, 6) is -5.11. The Morgan fingerprint density at radius 2 is 1.22 bits per heavy atom. The largest absolute Gasteiger partial charge is 0.497 e. The van der Waals surface area contributed by atoms with Crippen LogP contribution in [-0.4, -0.2) is 304 Å². The van der Waals surface area contributed by atoms with Crippen molar-refractivity contribution in [1.29, 1.82) is 0 Å². The van der Waals surface area contributed by atoms with Gasteiger partial charge in [-0.2, -0.15) is 0 Å². The summed E-state index contributed by atoms with van der Waals surface area (Å²) in [6.07, 6.45) is 8.89. The number of aryl methyl sites for hydroxylation is 1. The summed E-state index contributed by atoms with van der Waals surface area (Å²) < 4.78 is 29.0. The number of aliphatic hydroxyl groups excluding tert-OH is 1. The zero-order chi connectivity index (χ0) is 102. The molecule has 3 aromatic carbocycles. The number of benzene rings is 4. The molecule has 8 N–H and O–H groups in total. The molecule has 10 amide bonds. The van der Waals surface area contributed by atoms with E-state index in [1.165, 1.54) is 87.1 Å². The molecule has 7 saturated heterocycles. The average Bonchev–Trinajstić information content (AvgIpc) is 0.812. The van der Waals surface area contributed by atoms with Gasteiger partial charge in [0.25, 0.3) is 11.8 Å². The van der Waals surface area contributed by atoms with Gasteiger partial charge in [0.15, 0.2) is 23.6 Å². The van der Waals surface area contributed by atoms with E-state index < -0.39 is 208 Å². The summed E-state index contributed by atoms with van der Waals surface area (Å²) in [6.45, 7) is 31.2. The standard InChI is InChI=1S/C62H86N12O16.C22H31NO3.C20H24N2O2/c1-27(2)42-59(84)73-23-17-19-36(73)57(82)69(13)25-38(75)71(15)48(29(5)6)61(86)88-33(11)44(55(80)65-42)67-53(78)35-22-21-31(9)51-46(35)64-47-40(41(63)50(77)32(10)52(47)90-51)54(79)68-45-34(12)89-62(87)49(30(7)8)72(16)39(76)26-70(14)58(83)37-20-18-24-74(37)60(85)43(28(3)4)66-56(45)81;1-3-23(4-2)17-11-12-18-26-21(24)22(25,19-13-7-5-8-14-19)20-15-9-6-10-16-20;1-3-13-12-22-9-7-14(13)10-19(22)20(23)16-6-8-21-18-5-4-15(24-2)11-17(16)18/h21-22,27-30,33-34,36-37,42-45,48-49H,17-20,23-26,63H2,1-16H3,(H,65,80)(H,66,81)(H,67,78)(H,68,79);5,7-8,13-14,20,25H,3-4,6,9-10,15-18H2,1-2H3;3-6,8,11,13-14,19-20,23H,1,7,9-10,12H2,2H3/t33-,34-,36+,37+,42-,43-,44+,45+,48+,49+;;13-,14-,19+,20-/m1.0/s1. The van der Waals surface area contributed by atoms with Crippen LogP contribution in [0.5, 0.6) is 5.75 Å². The minimum atomic E-state index is -1.88. The van der Waals surface area contributed by atoms with E-state index in [2.05, 4.69) is 74.4 Å². The molecule has 2 unspecified atom stereocenters. The number of methoxy groups -OCH3 is 1. The van der Waals surface area contributed by atoms with Gasteiger partial charge in [-0.1, -0.05) is 143 Å². The smallest absolute Gasteiger partial charge is 0.344 e. The van der Waals surface area contributed by atoms with Gasteiger partial charge in [0.05, 0.1) is 55.2 Å². The van der Waals surface area contributed by atoms with E-state index in [1.54, 1.807) is 75.6 Å². The number of anilines is 1. The lowest BCUT2D eigenvalue weighted by Crippen LogP contribution is -2.61. The number of hydrogen-bond donors (Lipinski definition) is 7. The molecule has 1 saturated carbocycles. The minimum absolute atomic E-state index is 0.0158. The first-order chi connectivity index (χ1) is 66.4. The molecule has 0 radical (unpaired) electrons. The number of aliphatic hydroxyl groups is 2. The topological polar surface area (TPSA) is 455 Å². The Morgan fingerprint density at radius 1 is 0.679 bits per heavy atom. The molecule has 0 spiro atoms. The van der Waals surface area contributed by atoms with E-state index in [1.807, 2.05) is 54.6 Å². The van der Waals surface area contributed by atoms with Gasteiger partial charge in [0.1, 0.15) is 77.5 Å². The number of pyridine rings is 1. The number of piperidine rings is 3. The number of fused-ring (bicyclic) bond motifs is 8. The van der Waals surface area contributed by atoms with Crippen LogP contribution in [0.4, 0.5) is 5.69 Å². The van der Waals surface area contributed by atoms with E-state index in [-0.39, 0.29) is 72.5 Å². The van der Waals surface area contributed by atoms with Gasteiger partial charge in [0.2, 0.25) is 52.7 Å². The van der Waals surface area contributed by atoms with Crippen molar-refractivity contribution < 1.29 is 95.9 Å². The van der Waals surface area contributed by atoms with Crippen LogP contribution in [0, 0.1) is 67.1 Å². The lowest BCUT2D eigenvalue weighted by molar-refractivity contribution is -0.174. The van der Waals surface area contributed by atoms with Crippen molar-refractivity contribution >= 4 is 105 Å². The van der Waals surface area contributed by atoms with Crippen molar-refractivity contribution in [2.24, 2.45) is 41.4 Å². The number of hydrogen-bond acceptors (Lipinski definition) is 26. The summed E-state index contributed by atoms with van der Waals surface area (Å²) in [6, 6.07) is 9.25. The highest BCUT2D eigenvalue weighted by atomic mass is 16.6. The third-order valence-electron chi connectivity index (χ3n) is 28.7. The van der Waals surface area contributed by atoms with Crippen molar-refractivity contribution in [3.63, 3.8) is 0 Å². The van der Waals surface area contributed by atoms with Gasteiger partial charge in [0, 0.05) is 76.9 Å². The highest BCUT2D eigenvalue weighted by Gasteiger charge is 2.51. The van der Waals surface area contributed by atoms with E-state index in [4.69, 9.17) is 34.1 Å². The van der Waals surface area contributed by atoms with E-state index >= 15 is 9.59 Å². The van der Waals surface area contributed by atoms with Crippen molar-refractivity contribution in [2.75, 3.05) is 107 Å². The number of esters is 3. The predicted octanol–water partition coefficient (Wildman–Crippen LogP) is 7.24. The average molecular weight is 1940 g/mol. The third-order valence-corrected chi connectivity index (χ3v) is 28.7. The van der Waals surface area contributed by atoms with Crippen LogP contribution in [0.1, 0.15) is 203 Å². The Balaban J connectivity index is 0.000000299. The molecule has 758 valence electrons. The van der Waals surface area contributed by atoms with Crippen LogP contribution in [0.2, 0.25) is 0 Å². The highest BCUT2D eigenvalue weighted by Crippen LogP contribution is 2.45. The fourth-order valence-electron chi connectivity index (χ4n) is 20.3. The van der Waals surface area contributed by atoms with E-state index in [0.717, 1.165) is 96.7 Å². The van der Waals surface area contributed by atoms with Crippen molar-refractivity contribution in [3.8, 4) is 29.0 Å². The van der Waals surface area contributed by atoms with Gasteiger partial charge in [-0.15, -0.1) is 6.58 Å². The Kier molecular flexibility index (Phi) is 36.4. The first-order valence-corrected chi connectivity index (χ1v) is 49.0. The first kappa shape index (κ1) is 108. The van der Waals surface area contributed by atoms with Gasteiger partial charge < -0.3 is 90.0 Å². The van der Waals surface area contributed by atoms with Crippen LogP contribution in [0.3, 0.4) is 0 Å². The van der Waals surface area contributed by atoms with Gasteiger partial charge in [-0.3, -0.25) is 67.5 Å². The molecule has 9 heterocycles. The molecule has 14 rings (SSSR count). The third kappa shape index (κ3) is 23.7. The van der Waals surface area contributed by atoms with E-state index in [0.29, 0.717) is 42.3 Å². The molecule has 16 atom stereocenters. The Bertz CT molecular complexity index is 5670. The number of aromatic nitrogens is 2. The molecule has 2 aliphatic carbocycles. The zero-order valence-corrected chi connectivity index (χ0v) is 84.2. The van der Waals surface area contributed by atoms with Gasteiger partial charge in [-0.05, 0) is 181 Å². The normalized spacial score (nSPS) is 25.2. The number of rotatable bonds is 19. The number of carbonyl (C=O) groups is 13. The Labute approximate surface area is 818 Å². The molecule has 10 aliphatic rings. The maximum atomic E-state index is 15.2. The number of likely N-dealkylation sites (N-methyl/N-ethyl adjacent to an activating group) is 4. The maximum Gasteiger partial charge on any atom is 0.344 e. The fourth-order valence-corrected chi connectivity index (χ4v) is 20.3. The lowest BCUT2D eigenvalue weighted by atomic mass is 9.73. The van der Waals surface area contributed by atoms with Crippen LogP contribution in [-0.2, 0) is 72.6 Å². The number of nitrogens with one attached hydrogen (secondary N) is 4. The monoisotopic (exact) mass is 1940 g/mol. The molecular formula is C104H141N15O21. The Morgan fingerprint density at radius 3 is 1.72 bits per heavy atom. The summed E-state index contributed by atoms with van der Waals surface area (Å²) in [5, 5.41) is 34.2. The van der Waals surface area contributed by atoms with Crippen LogP contribution >= 0.6 is 0 Å². The van der Waals surface area contributed by atoms with Crippen molar-refractivity contribution in [1.82, 2.24) is 70.4 Å². The van der Waals surface area contributed by atoms with Crippen molar-refractivity contribution in [3.05, 3.63) is 129 Å². The van der Waals surface area contributed by atoms with Crippen LogP contribution in [0.25, 0.3) is 33.5 Å². The van der Waals surface area contributed by atoms with Crippen LogP contribution < -0.4 is 37.2 Å². The molecule has 36 heteroatoms. The minimum Gasteiger partial charge on any atom is -0.497 e. The molecule has 2 bridgehead atoms. The number of amides is 10. The molecule has 8 aliphatic heterocycles. The van der Waals surface area contributed by atoms with Gasteiger partial charge >= 0.3 is 17.9 Å². The summed E-state index contributed by atoms with van der Waals surface area (Å²) in [7, 11) is 7.25. The first-order valence-electron chi connectivity index (χ1n) is 49.0. The second-order valence-electron chi connectivity index (χ2n) is 39.4. The number of cyclic esters (lactones) is 2. The zero-order valence-electron chi connectivity index (χ0n) is 84.2.